The lowest BCUT2D eigenvalue weighted by Crippen LogP contribution is -2.14. The van der Waals surface area contributed by atoms with Gasteiger partial charge in [-0.15, -0.1) is 0 Å². The zero-order valence-electron chi connectivity index (χ0n) is 15.2. The van der Waals surface area contributed by atoms with E-state index in [0.29, 0.717) is 11.5 Å². The molecule has 3 aromatic rings. The average molecular weight is 342 g/mol. The van der Waals surface area contributed by atoms with Crippen LogP contribution in [0.2, 0.25) is 0 Å². The van der Waals surface area contributed by atoms with Crippen LogP contribution in [-0.2, 0) is 12.1 Å². The van der Waals surface area contributed by atoms with Crippen molar-refractivity contribution in [1.29, 1.82) is 0 Å². The second-order valence-electron chi connectivity index (χ2n) is 7.42. The molecule has 0 aliphatic carbocycles. The molecule has 0 spiro atoms. The Morgan fingerprint density at radius 3 is 2.44 bits per heavy atom. The standard InChI is InChI=1S/C19H23FN4O/c1-11(13-6-8-14(9-7-13)19(3,4)5)24-17-16(15(10-20)23-24)18(25)22-12(2)21-17/h6-9,11H,10H2,1-5H3,(H,21,22,25)/t11-/m1/s1. The van der Waals surface area contributed by atoms with Crippen molar-refractivity contribution >= 4 is 11.0 Å². The summed E-state index contributed by atoms with van der Waals surface area (Å²) in [6.07, 6.45) is 0. The van der Waals surface area contributed by atoms with Gasteiger partial charge in [0, 0.05) is 0 Å². The van der Waals surface area contributed by atoms with E-state index in [0.717, 1.165) is 5.56 Å². The predicted octanol–water partition coefficient (Wildman–Crippen LogP) is 3.80. The number of fused-ring (bicyclic) bond motifs is 1. The van der Waals surface area contributed by atoms with E-state index in [1.807, 2.05) is 19.1 Å². The molecule has 5 nitrogen and oxygen atoms in total. The highest BCUT2D eigenvalue weighted by Gasteiger charge is 2.21. The number of halogens is 1. The number of hydrogen-bond acceptors (Lipinski definition) is 3. The van der Waals surface area contributed by atoms with Crippen molar-refractivity contribution in [3.63, 3.8) is 0 Å². The topological polar surface area (TPSA) is 63.6 Å². The third kappa shape index (κ3) is 3.08. The molecule has 25 heavy (non-hydrogen) atoms. The maximum absolute atomic E-state index is 13.3. The summed E-state index contributed by atoms with van der Waals surface area (Å²) in [4.78, 5) is 19.2. The number of rotatable bonds is 3. The second kappa shape index (κ2) is 6.10. The van der Waals surface area contributed by atoms with Gasteiger partial charge in [0.25, 0.3) is 5.56 Å². The fourth-order valence-electron chi connectivity index (χ4n) is 2.99. The van der Waals surface area contributed by atoms with Crippen molar-refractivity contribution in [1.82, 2.24) is 19.7 Å². The van der Waals surface area contributed by atoms with Crippen LogP contribution in [0.5, 0.6) is 0 Å². The fraction of sp³-hybridized carbons (Fsp3) is 0.421. The van der Waals surface area contributed by atoms with E-state index in [1.54, 1.807) is 11.6 Å². The molecule has 0 amide bonds. The molecule has 2 aromatic heterocycles. The first kappa shape index (κ1) is 17.3. The van der Waals surface area contributed by atoms with Crippen molar-refractivity contribution in [3.05, 3.63) is 57.3 Å². The first-order valence-electron chi connectivity index (χ1n) is 8.36. The molecule has 0 unspecified atom stereocenters. The average Bonchev–Trinajstić information content (AvgIpc) is 2.92. The lowest BCUT2D eigenvalue weighted by molar-refractivity contribution is 0.465. The number of nitrogens with one attached hydrogen (secondary N) is 1. The van der Waals surface area contributed by atoms with E-state index in [1.165, 1.54) is 5.56 Å². The van der Waals surface area contributed by atoms with Gasteiger partial charge >= 0.3 is 0 Å². The smallest absolute Gasteiger partial charge is 0.262 e. The molecule has 0 saturated carbocycles. The number of aromatic amines is 1. The molecule has 2 heterocycles. The summed E-state index contributed by atoms with van der Waals surface area (Å²) >= 11 is 0. The molecule has 1 atom stereocenters. The first-order valence-corrected chi connectivity index (χ1v) is 8.36. The zero-order chi connectivity index (χ0) is 18.4. The number of alkyl halides is 1. The van der Waals surface area contributed by atoms with E-state index in [2.05, 4.69) is 48.0 Å². The Labute approximate surface area is 145 Å². The number of aromatic nitrogens is 4. The number of H-pyrrole nitrogens is 1. The summed E-state index contributed by atoms with van der Waals surface area (Å²) in [5, 5.41) is 4.54. The Hall–Kier alpha value is -2.50. The van der Waals surface area contributed by atoms with Gasteiger partial charge in [-0.05, 0) is 30.4 Å². The number of nitrogens with zero attached hydrogens (tertiary/aromatic N) is 3. The van der Waals surface area contributed by atoms with Crippen molar-refractivity contribution < 1.29 is 4.39 Å². The minimum Gasteiger partial charge on any atom is -0.310 e. The largest absolute Gasteiger partial charge is 0.310 e. The Morgan fingerprint density at radius 2 is 1.88 bits per heavy atom. The van der Waals surface area contributed by atoms with Gasteiger partial charge in [0.15, 0.2) is 5.65 Å². The van der Waals surface area contributed by atoms with Gasteiger partial charge in [-0.2, -0.15) is 5.10 Å². The Kier molecular flexibility index (Phi) is 4.22. The van der Waals surface area contributed by atoms with Crippen molar-refractivity contribution in [2.24, 2.45) is 0 Å². The van der Waals surface area contributed by atoms with E-state index in [4.69, 9.17) is 0 Å². The Morgan fingerprint density at radius 1 is 1.24 bits per heavy atom. The van der Waals surface area contributed by atoms with E-state index < -0.39 is 6.67 Å². The van der Waals surface area contributed by atoms with Crippen LogP contribution in [-0.4, -0.2) is 19.7 Å². The van der Waals surface area contributed by atoms with Gasteiger partial charge in [-0.3, -0.25) is 4.79 Å². The van der Waals surface area contributed by atoms with Crippen LogP contribution in [0.25, 0.3) is 11.0 Å². The maximum atomic E-state index is 13.3. The van der Waals surface area contributed by atoms with Crippen LogP contribution in [0.4, 0.5) is 4.39 Å². The van der Waals surface area contributed by atoms with Gasteiger partial charge in [0.1, 0.15) is 23.6 Å². The van der Waals surface area contributed by atoms with E-state index in [9.17, 15) is 9.18 Å². The molecule has 6 heteroatoms. The molecular formula is C19H23FN4O. The summed E-state index contributed by atoms with van der Waals surface area (Å²) in [6, 6.07) is 8.13. The molecule has 0 radical (unpaired) electrons. The van der Waals surface area contributed by atoms with Gasteiger partial charge in [0.2, 0.25) is 0 Å². The van der Waals surface area contributed by atoms with Crippen LogP contribution in [0, 0.1) is 6.92 Å². The third-order valence-electron chi connectivity index (χ3n) is 4.51. The summed E-state index contributed by atoms with van der Waals surface area (Å²) in [7, 11) is 0. The van der Waals surface area contributed by atoms with Crippen molar-refractivity contribution in [2.75, 3.05) is 0 Å². The van der Waals surface area contributed by atoms with Crippen molar-refractivity contribution in [2.45, 2.75) is 52.8 Å². The van der Waals surface area contributed by atoms with Crippen LogP contribution >= 0.6 is 0 Å². The SMILES string of the molecule is Cc1nc2c(c(CF)nn2[C@H](C)c2ccc(C(C)(C)C)cc2)c(=O)[nH]1. The highest BCUT2D eigenvalue weighted by Crippen LogP contribution is 2.27. The molecule has 0 aliphatic heterocycles. The molecule has 1 aromatic carbocycles. The Bertz CT molecular complexity index is 964. The van der Waals surface area contributed by atoms with E-state index >= 15 is 0 Å². The molecule has 0 fully saturated rings. The zero-order valence-corrected chi connectivity index (χ0v) is 15.2. The van der Waals surface area contributed by atoms with Crippen molar-refractivity contribution in [3.8, 4) is 0 Å². The first-order chi connectivity index (χ1) is 11.7. The van der Waals surface area contributed by atoms with Crippen LogP contribution in [0.3, 0.4) is 0 Å². The van der Waals surface area contributed by atoms with Gasteiger partial charge in [0.05, 0.1) is 6.04 Å². The molecule has 0 bridgehead atoms. The minimum atomic E-state index is -0.799. The van der Waals surface area contributed by atoms with Gasteiger partial charge in [-0.25, -0.2) is 14.1 Å². The molecule has 3 rings (SSSR count). The molecule has 0 saturated heterocycles. The summed E-state index contributed by atoms with van der Waals surface area (Å²) in [5.41, 5.74) is 2.54. The summed E-state index contributed by atoms with van der Waals surface area (Å²) in [6.45, 7) is 9.37. The second-order valence-corrected chi connectivity index (χ2v) is 7.42. The highest BCUT2D eigenvalue weighted by molar-refractivity contribution is 5.77. The number of aryl methyl sites for hydroxylation is 1. The third-order valence-corrected chi connectivity index (χ3v) is 4.51. The fourth-order valence-corrected chi connectivity index (χ4v) is 2.99. The predicted molar refractivity (Wildman–Crippen MR) is 96.7 cm³/mol. The van der Waals surface area contributed by atoms with Crippen LogP contribution in [0.15, 0.2) is 29.1 Å². The van der Waals surface area contributed by atoms with Gasteiger partial charge in [-0.1, -0.05) is 45.0 Å². The van der Waals surface area contributed by atoms with Gasteiger partial charge < -0.3 is 4.98 Å². The molecule has 132 valence electrons. The lowest BCUT2D eigenvalue weighted by atomic mass is 9.86. The van der Waals surface area contributed by atoms with Crippen LogP contribution < -0.4 is 5.56 Å². The number of benzene rings is 1. The number of hydrogen-bond donors (Lipinski definition) is 1. The lowest BCUT2D eigenvalue weighted by Gasteiger charge is -2.20. The molecule has 0 aliphatic rings. The normalized spacial score (nSPS) is 13.4. The summed E-state index contributed by atoms with van der Waals surface area (Å²) in [5.74, 6) is 0.485. The highest BCUT2D eigenvalue weighted by atomic mass is 19.1. The van der Waals surface area contributed by atoms with E-state index in [-0.39, 0.29) is 28.1 Å². The van der Waals surface area contributed by atoms with Crippen LogP contribution in [0.1, 0.15) is 56.4 Å². The maximum Gasteiger partial charge on any atom is 0.262 e. The summed E-state index contributed by atoms with van der Waals surface area (Å²) < 4.78 is 15.0. The minimum absolute atomic E-state index is 0.0769. The molecule has 1 N–H and O–H groups in total. The monoisotopic (exact) mass is 342 g/mol. The Balaban J connectivity index is 2.11. The quantitative estimate of drug-likeness (QED) is 0.787. The molecular weight excluding hydrogens is 319 g/mol.